The fourth-order valence-electron chi connectivity index (χ4n) is 3.05. The lowest BCUT2D eigenvalue weighted by atomic mass is 10.0. The van der Waals surface area contributed by atoms with Crippen LogP contribution < -0.4 is 4.90 Å². The van der Waals surface area contributed by atoms with Crippen LogP contribution in [0.15, 0.2) is 54.2 Å². The zero-order chi connectivity index (χ0) is 16.4. The van der Waals surface area contributed by atoms with Gasteiger partial charge in [0, 0.05) is 35.6 Å². The van der Waals surface area contributed by atoms with E-state index in [4.69, 9.17) is 0 Å². The maximum atomic E-state index is 12.8. The normalized spacial score (nSPS) is 13.6. The fourth-order valence-corrected chi connectivity index (χ4v) is 3.86. The van der Waals surface area contributed by atoms with Crippen LogP contribution in [0.1, 0.15) is 17.7 Å². The highest BCUT2D eigenvalue weighted by Gasteiger charge is 2.22. The van der Waals surface area contributed by atoms with Gasteiger partial charge in [-0.3, -0.25) is 9.78 Å². The van der Waals surface area contributed by atoms with E-state index in [0.29, 0.717) is 6.42 Å². The molecule has 1 aliphatic rings. The molecular weight excluding hydrogens is 318 g/mol. The van der Waals surface area contributed by atoms with Crippen LogP contribution in [-0.4, -0.2) is 22.4 Å². The molecule has 0 saturated carbocycles. The Morgan fingerprint density at radius 1 is 1.21 bits per heavy atom. The van der Waals surface area contributed by atoms with E-state index >= 15 is 0 Å². The molecule has 0 atom stereocenters. The number of benzene rings is 1. The Morgan fingerprint density at radius 3 is 3.00 bits per heavy atom. The minimum absolute atomic E-state index is 0.116. The second kappa shape index (κ2) is 6.53. The van der Waals surface area contributed by atoms with Gasteiger partial charge in [-0.15, -0.1) is 11.3 Å². The van der Waals surface area contributed by atoms with E-state index in [1.807, 2.05) is 40.6 Å². The van der Waals surface area contributed by atoms with Gasteiger partial charge in [0.25, 0.3) is 0 Å². The monoisotopic (exact) mass is 335 g/mol. The average Bonchev–Trinajstić information content (AvgIpc) is 3.10. The molecule has 2 aromatic heterocycles. The van der Waals surface area contributed by atoms with Crippen LogP contribution in [0.2, 0.25) is 0 Å². The van der Waals surface area contributed by atoms with Crippen molar-refractivity contribution in [2.75, 3.05) is 11.4 Å². The lowest BCUT2D eigenvalue weighted by molar-refractivity contribution is -0.118. The molecule has 0 spiro atoms. The molecule has 1 amide bonds. The van der Waals surface area contributed by atoms with Gasteiger partial charge in [-0.2, -0.15) is 0 Å². The second-order valence-electron chi connectivity index (χ2n) is 5.84. The maximum absolute atomic E-state index is 12.8. The SMILES string of the molecule is O=C(Cc1csc(-c2cccnc2)n1)N1CCCc2ccccc21. The number of hydrogen-bond donors (Lipinski definition) is 0. The number of pyridine rings is 1. The number of carbonyl (C=O) groups excluding carboxylic acids is 1. The highest BCUT2D eigenvalue weighted by molar-refractivity contribution is 7.13. The van der Waals surface area contributed by atoms with Crippen molar-refractivity contribution >= 4 is 22.9 Å². The van der Waals surface area contributed by atoms with Crippen LogP contribution in [0.5, 0.6) is 0 Å². The summed E-state index contributed by atoms with van der Waals surface area (Å²) in [6.45, 7) is 0.787. The number of aryl methyl sites for hydroxylation is 1. The van der Waals surface area contributed by atoms with E-state index in [9.17, 15) is 4.79 Å². The van der Waals surface area contributed by atoms with Crippen molar-refractivity contribution in [3.63, 3.8) is 0 Å². The summed E-state index contributed by atoms with van der Waals surface area (Å²) in [5.41, 5.74) is 4.12. The molecule has 0 N–H and O–H groups in total. The van der Waals surface area contributed by atoms with Crippen LogP contribution in [0.4, 0.5) is 5.69 Å². The second-order valence-corrected chi connectivity index (χ2v) is 6.70. The Labute approximate surface area is 144 Å². The first-order chi connectivity index (χ1) is 11.8. The lowest BCUT2D eigenvalue weighted by Crippen LogP contribution is -2.36. The summed E-state index contributed by atoms with van der Waals surface area (Å²) in [6.07, 6.45) is 5.94. The van der Waals surface area contributed by atoms with Gasteiger partial charge >= 0.3 is 0 Å². The van der Waals surface area contributed by atoms with E-state index < -0.39 is 0 Å². The number of carbonyl (C=O) groups is 1. The molecule has 3 aromatic rings. The van der Waals surface area contributed by atoms with Crippen molar-refractivity contribution in [1.82, 2.24) is 9.97 Å². The summed E-state index contributed by atoms with van der Waals surface area (Å²) >= 11 is 1.56. The Kier molecular flexibility index (Phi) is 4.09. The minimum Gasteiger partial charge on any atom is -0.312 e. The number of thiazole rings is 1. The van der Waals surface area contributed by atoms with E-state index in [1.54, 1.807) is 23.7 Å². The van der Waals surface area contributed by atoms with Crippen molar-refractivity contribution in [3.05, 3.63) is 65.4 Å². The molecule has 0 saturated heterocycles. The number of aromatic nitrogens is 2. The smallest absolute Gasteiger partial charge is 0.233 e. The Balaban J connectivity index is 1.53. The molecule has 0 unspecified atom stereocenters. The van der Waals surface area contributed by atoms with E-state index in [2.05, 4.69) is 16.0 Å². The van der Waals surface area contributed by atoms with Crippen molar-refractivity contribution in [2.24, 2.45) is 0 Å². The lowest BCUT2D eigenvalue weighted by Gasteiger charge is -2.29. The third-order valence-corrected chi connectivity index (χ3v) is 5.14. The molecule has 3 heterocycles. The first-order valence-corrected chi connectivity index (χ1v) is 8.92. The molecule has 0 aliphatic carbocycles. The zero-order valence-electron chi connectivity index (χ0n) is 13.2. The number of rotatable bonds is 3. The van der Waals surface area contributed by atoms with E-state index in [-0.39, 0.29) is 5.91 Å². The van der Waals surface area contributed by atoms with Gasteiger partial charge in [-0.05, 0) is 36.6 Å². The average molecular weight is 335 g/mol. The minimum atomic E-state index is 0.116. The number of para-hydroxylation sites is 1. The van der Waals surface area contributed by atoms with E-state index in [1.165, 1.54) is 5.56 Å². The molecule has 0 fully saturated rings. The first-order valence-electron chi connectivity index (χ1n) is 8.04. The Bertz CT molecular complexity index is 860. The topological polar surface area (TPSA) is 46.1 Å². The molecule has 24 heavy (non-hydrogen) atoms. The predicted molar refractivity (Wildman–Crippen MR) is 96.2 cm³/mol. The van der Waals surface area contributed by atoms with Crippen LogP contribution >= 0.6 is 11.3 Å². The largest absolute Gasteiger partial charge is 0.312 e. The molecule has 4 nitrogen and oxygen atoms in total. The predicted octanol–water partition coefficient (Wildman–Crippen LogP) is 3.73. The third-order valence-electron chi connectivity index (χ3n) is 4.20. The Morgan fingerprint density at radius 2 is 2.12 bits per heavy atom. The van der Waals surface area contributed by atoms with Crippen LogP contribution in [0.3, 0.4) is 0 Å². The molecule has 120 valence electrons. The summed E-state index contributed by atoms with van der Waals surface area (Å²) in [5.74, 6) is 0.116. The van der Waals surface area contributed by atoms with Crippen molar-refractivity contribution in [3.8, 4) is 10.6 Å². The summed E-state index contributed by atoms with van der Waals surface area (Å²) < 4.78 is 0. The summed E-state index contributed by atoms with van der Waals surface area (Å²) in [6, 6.07) is 12.1. The molecule has 1 aromatic carbocycles. The Hall–Kier alpha value is -2.53. The van der Waals surface area contributed by atoms with Gasteiger partial charge in [0.05, 0.1) is 12.1 Å². The number of fused-ring (bicyclic) bond motifs is 1. The standard InChI is InChI=1S/C19H17N3OS/c23-18(22-10-4-7-14-5-1-2-8-17(14)22)11-16-13-24-19(21-16)15-6-3-9-20-12-15/h1-3,5-6,8-9,12-13H,4,7,10-11H2. The summed E-state index contributed by atoms with van der Waals surface area (Å²) in [4.78, 5) is 23.4. The van der Waals surface area contributed by atoms with Crippen molar-refractivity contribution < 1.29 is 4.79 Å². The quantitative estimate of drug-likeness (QED) is 0.733. The summed E-state index contributed by atoms with van der Waals surface area (Å²) in [7, 11) is 0. The van der Waals surface area contributed by atoms with Gasteiger partial charge < -0.3 is 4.90 Å². The first kappa shape index (κ1) is 15.0. The summed E-state index contributed by atoms with van der Waals surface area (Å²) in [5, 5.41) is 2.88. The van der Waals surface area contributed by atoms with Crippen LogP contribution in [-0.2, 0) is 17.6 Å². The van der Waals surface area contributed by atoms with Gasteiger partial charge in [-0.1, -0.05) is 18.2 Å². The fraction of sp³-hybridized carbons (Fsp3) is 0.211. The highest BCUT2D eigenvalue weighted by atomic mass is 32.1. The number of hydrogen-bond acceptors (Lipinski definition) is 4. The van der Waals surface area contributed by atoms with Gasteiger partial charge in [0.15, 0.2) is 0 Å². The molecular formula is C19H17N3OS. The number of anilines is 1. The van der Waals surface area contributed by atoms with Gasteiger partial charge in [0.2, 0.25) is 5.91 Å². The molecule has 0 radical (unpaired) electrons. The number of amides is 1. The van der Waals surface area contributed by atoms with Gasteiger partial charge in [0.1, 0.15) is 5.01 Å². The molecule has 1 aliphatic heterocycles. The van der Waals surface area contributed by atoms with Crippen LogP contribution in [0, 0.1) is 0 Å². The third kappa shape index (κ3) is 2.95. The van der Waals surface area contributed by atoms with Gasteiger partial charge in [-0.25, -0.2) is 4.98 Å². The molecule has 5 heteroatoms. The highest BCUT2D eigenvalue weighted by Crippen LogP contribution is 2.28. The number of nitrogens with zero attached hydrogens (tertiary/aromatic N) is 3. The van der Waals surface area contributed by atoms with E-state index in [0.717, 1.165) is 41.3 Å². The maximum Gasteiger partial charge on any atom is 0.233 e. The zero-order valence-corrected chi connectivity index (χ0v) is 14.0. The van der Waals surface area contributed by atoms with Crippen molar-refractivity contribution in [2.45, 2.75) is 19.3 Å². The molecule has 0 bridgehead atoms. The van der Waals surface area contributed by atoms with Crippen LogP contribution in [0.25, 0.3) is 10.6 Å². The molecule has 4 rings (SSSR count). The van der Waals surface area contributed by atoms with Crippen molar-refractivity contribution in [1.29, 1.82) is 0 Å².